The largest absolute Gasteiger partial charge is 0.299 e. The summed E-state index contributed by atoms with van der Waals surface area (Å²) in [6, 6.07) is 0. The molecule has 0 saturated heterocycles. The number of carbonyl (C=O) groups is 1. The molecule has 1 aliphatic carbocycles. The highest BCUT2D eigenvalue weighted by Gasteiger charge is 2.32. The number of carbonyl (C=O) groups excluding carboxylic acids is 1. The topological polar surface area (TPSA) is 17.1 Å². The molecule has 1 unspecified atom stereocenters. The highest BCUT2D eigenvalue weighted by molar-refractivity contribution is 6.21. The van der Waals surface area contributed by atoms with Crippen LogP contribution in [0.25, 0.3) is 0 Å². The lowest BCUT2D eigenvalue weighted by Crippen LogP contribution is -1.75. The Balaban J connectivity index is 2.26. The van der Waals surface area contributed by atoms with Gasteiger partial charge in [0.15, 0.2) is 0 Å². The van der Waals surface area contributed by atoms with E-state index in [4.69, 9.17) is 11.6 Å². The van der Waals surface area contributed by atoms with Crippen molar-refractivity contribution in [3.8, 4) is 0 Å². The molecule has 0 heterocycles. The van der Waals surface area contributed by atoms with Crippen molar-refractivity contribution in [2.75, 3.05) is 5.88 Å². The molecule has 0 amide bonds. The van der Waals surface area contributed by atoms with Crippen molar-refractivity contribution in [1.29, 1.82) is 0 Å². The smallest absolute Gasteiger partial charge is 0.138 e. The second-order valence-electron chi connectivity index (χ2n) is 1.52. The van der Waals surface area contributed by atoms with Crippen LogP contribution in [0.2, 0.25) is 0 Å². The molecule has 0 N–H and O–H groups in total. The molecule has 0 spiro atoms. The first-order valence-corrected chi connectivity index (χ1v) is 2.46. The van der Waals surface area contributed by atoms with Gasteiger partial charge in [0.1, 0.15) is 5.78 Å². The van der Waals surface area contributed by atoms with E-state index in [2.05, 4.69) is 0 Å². The van der Waals surface area contributed by atoms with Gasteiger partial charge in [-0.25, -0.2) is 0 Å². The van der Waals surface area contributed by atoms with Crippen LogP contribution < -0.4 is 0 Å². The fourth-order valence-corrected chi connectivity index (χ4v) is 0.606. The van der Waals surface area contributed by atoms with E-state index in [-0.39, 0.29) is 5.92 Å². The molecule has 1 aliphatic rings. The molecule has 1 saturated carbocycles. The number of Topliss-reactive ketones (excluding diaryl/α,β-unsaturated/α-hetero) is 1. The van der Waals surface area contributed by atoms with Crippen LogP contribution in [0.5, 0.6) is 0 Å². The predicted molar refractivity (Wildman–Crippen MR) is 23.8 cm³/mol. The molecule has 1 nitrogen and oxygen atoms in total. The van der Waals surface area contributed by atoms with E-state index in [1.54, 1.807) is 0 Å². The molecule has 0 radical (unpaired) electrons. The van der Waals surface area contributed by atoms with Crippen molar-refractivity contribution in [3.63, 3.8) is 0 Å². The first kappa shape index (κ1) is 4.13. The van der Waals surface area contributed by atoms with Crippen LogP contribution in [-0.2, 0) is 4.79 Å². The van der Waals surface area contributed by atoms with Gasteiger partial charge in [0, 0.05) is 18.2 Å². The molecule has 0 aromatic heterocycles. The van der Waals surface area contributed by atoms with Crippen LogP contribution in [-0.4, -0.2) is 11.7 Å². The number of hydrogen-bond acceptors (Lipinski definition) is 1. The molecule has 1 fully saturated rings. The lowest BCUT2D eigenvalue weighted by atomic mass is 10.5. The van der Waals surface area contributed by atoms with Gasteiger partial charge in [-0.15, -0.1) is 11.6 Å². The molecule has 1 atom stereocenters. The molecule has 34 valence electrons. The minimum atomic E-state index is 0.228. The van der Waals surface area contributed by atoms with Crippen molar-refractivity contribution < 1.29 is 4.79 Å². The number of rotatable bonds is 1. The van der Waals surface area contributed by atoms with Crippen LogP contribution in [0.15, 0.2) is 0 Å². The van der Waals surface area contributed by atoms with Crippen LogP contribution in [0.1, 0.15) is 6.42 Å². The van der Waals surface area contributed by atoms with E-state index in [9.17, 15) is 4.79 Å². The van der Waals surface area contributed by atoms with Gasteiger partial charge < -0.3 is 0 Å². The zero-order valence-electron chi connectivity index (χ0n) is 3.28. The third-order valence-electron chi connectivity index (χ3n) is 0.929. The third kappa shape index (κ3) is 0.548. The molecule has 1 rings (SSSR count). The standard InChI is InChI=1S/C4H5ClO/c5-2-3-1-4(3)6/h3H,1-2H2. The SMILES string of the molecule is O=C1CC1CCl. The highest BCUT2D eigenvalue weighted by Crippen LogP contribution is 2.24. The average Bonchev–Trinajstić information content (AvgIpc) is 2.19. The van der Waals surface area contributed by atoms with Crippen LogP contribution >= 0.6 is 11.6 Å². The summed E-state index contributed by atoms with van der Waals surface area (Å²) in [5.41, 5.74) is 0. The lowest BCUT2D eigenvalue weighted by molar-refractivity contribution is -0.110. The first-order chi connectivity index (χ1) is 2.84. The Hall–Kier alpha value is -0.0400. The summed E-state index contributed by atoms with van der Waals surface area (Å²) in [6.45, 7) is 0. The van der Waals surface area contributed by atoms with Crippen LogP contribution in [0.3, 0.4) is 0 Å². The maximum Gasteiger partial charge on any atom is 0.138 e. The Morgan fingerprint density at radius 2 is 2.50 bits per heavy atom. The quantitative estimate of drug-likeness (QED) is 0.450. The van der Waals surface area contributed by atoms with Gasteiger partial charge in [0.05, 0.1) is 0 Å². The maximum atomic E-state index is 10.0. The fraction of sp³-hybridized carbons (Fsp3) is 0.750. The molecule has 0 aliphatic heterocycles. The van der Waals surface area contributed by atoms with Crippen molar-refractivity contribution in [2.24, 2.45) is 5.92 Å². The van der Waals surface area contributed by atoms with Gasteiger partial charge in [0.25, 0.3) is 0 Å². The fourth-order valence-electron chi connectivity index (χ4n) is 0.325. The Morgan fingerprint density at radius 3 is 2.50 bits per heavy atom. The normalized spacial score (nSPS) is 30.8. The summed E-state index contributed by atoms with van der Waals surface area (Å²) in [4.78, 5) is 10.0. The summed E-state index contributed by atoms with van der Waals surface area (Å²) in [5, 5.41) is 0. The molecular formula is C4H5ClO. The zero-order valence-corrected chi connectivity index (χ0v) is 4.03. The van der Waals surface area contributed by atoms with Gasteiger partial charge in [-0.2, -0.15) is 0 Å². The van der Waals surface area contributed by atoms with Crippen molar-refractivity contribution in [2.45, 2.75) is 6.42 Å². The Kier molecular flexibility index (Phi) is 0.845. The summed E-state index contributed by atoms with van der Waals surface area (Å²) in [7, 11) is 0. The van der Waals surface area contributed by atoms with E-state index in [0.717, 1.165) is 6.42 Å². The van der Waals surface area contributed by atoms with E-state index < -0.39 is 0 Å². The number of hydrogen-bond donors (Lipinski definition) is 0. The van der Waals surface area contributed by atoms with Gasteiger partial charge in [-0.3, -0.25) is 4.79 Å². The molecule has 6 heavy (non-hydrogen) atoms. The zero-order chi connectivity index (χ0) is 4.57. The second kappa shape index (κ2) is 1.23. The molecule has 0 bridgehead atoms. The van der Waals surface area contributed by atoms with Crippen molar-refractivity contribution >= 4 is 17.4 Å². The van der Waals surface area contributed by atoms with Crippen molar-refractivity contribution in [1.82, 2.24) is 0 Å². The number of halogens is 1. The molecule has 0 aromatic rings. The summed E-state index contributed by atoms with van der Waals surface area (Å²) < 4.78 is 0. The lowest BCUT2D eigenvalue weighted by Gasteiger charge is -1.68. The van der Waals surface area contributed by atoms with Gasteiger partial charge in [-0.05, 0) is 0 Å². The van der Waals surface area contributed by atoms with E-state index in [0.29, 0.717) is 11.7 Å². The molecule has 0 aromatic carbocycles. The van der Waals surface area contributed by atoms with E-state index >= 15 is 0 Å². The summed E-state index contributed by atoms with van der Waals surface area (Å²) in [5.74, 6) is 1.08. The molecular weight excluding hydrogens is 99.5 g/mol. The summed E-state index contributed by atoms with van der Waals surface area (Å²) >= 11 is 5.27. The number of ketones is 1. The number of alkyl halides is 1. The monoisotopic (exact) mass is 104 g/mol. The van der Waals surface area contributed by atoms with Crippen molar-refractivity contribution in [3.05, 3.63) is 0 Å². The van der Waals surface area contributed by atoms with Crippen LogP contribution in [0, 0.1) is 5.92 Å². The maximum absolute atomic E-state index is 10.0. The van der Waals surface area contributed by atoms with E-state index in [1.807, 2.05) is 0 Å². The third-order valence-corrected chi connectivity index (χ3v) is 1.30. The minimum absolute atomic E-state index is 0.228. The highest BCUT2D eigenvalue weighted by atomic mass is 35.5. The summed E-state index contributed by atoms with van der Waals surface area (Å²) in [6.07, 6.45) is 0.726. The first-order valence-electron chi connectivity index (χ1n) is 1.93. The molecule has 2 heteroatoms. The second-order valence-corrected chi connectivity index (χ2v) is 1.83. The minimum Gasteiger partial charge on any atom is -0.299 e. The predicted octanol–water partition coefficient (Wildman–Crippen LogP) is 0.814. The van der Waals surface area contributed by atoms with Gasteiger partial charge in [-0.1, -0.05) is 0 Å². The van der Waals surface area contributed by atoms with Gasteiger partial charge in [0.2, 0.25) is 0 Å². The van der Waals surface area contributed by atoms with Crippen LogP contribution in [0.4, 0.5) is 0 Å². The van der Waals surface area contributed by atoms with E-state index in [1.165, 1.54) is 0 Å². The Morgan fingerprint density at radius 1 is 2.00 bits per heavy atom. The Bertz CT molecular complexity index is 79.6. The van der Waals surface area contributed by atoms with Gasteiger partial charge >= 0.3 is 0 Å². The Labute approximate surface area is 41.3 Å². The average molecular weight is 105 g/mol.